The van der Waals surface area contributed by atoms with Crippen molar-refractivity contribution in [3.8, 4) is 47.4 Å². The Labute approximate surface area is 281 Å². The average Bonchev–Trinajstić information content (AvgIpc) is 3.03. The smallest absolute Gasteiger partial charge is 0.171 e. The number of halogens is 2. The fourth-order valence-electron chi connectivity index (χ4n) is 3.98. The summed E-state index contributed by atoms with van der Waals surface area (Å²) in [7, 11) is 0. The molecule has 0 unspecified atom stereocenters. The van der Waals surface area contributed by atoms with Crippen LogP contribution in [0.4, 0.5) is 0 Å². The lowest BCUT2D eigenvalue weighted by atomic mass is 10.1. The average molecular weight is 707 g/mol. The van der Waals surface area contributed by atoms with E-state index in [1.54, 1.807) is 0 Å². The van der Waals surface area contributed by atoms with Crippen molar-refractivity contribution in [3.63, 3.8) is 0 Å². The Kier molecular flexibility index (Phi) is 16.3. The van der Waals surface area contributed by atoms with Crippen molar-refractivity contribution < 1.29 is 9.13 Å². The van der Waals surface area contributed by atoms with E-state index in [0.717, 1.165) is 71.7 Å². The van der Waals surface area contributed by atoms with Crippen molar-refractivity contribution in [2.45, 2.75) is 52.6 Å². The quantitative estimate of drug-likeness (QED) is 0.110. The molecule has 0 aliphatic carbocycles. The normalized spacial score (nSPS) is 9.36. The van der Waals surface area contributed by atoms with E-state index in [4.69, 9.17) is 0 Å². The van der Waals surface area contributed by atoms with E-state index in [2.05, 4.69) is 151 Å². The van der Waals surface area contributed by atoms with Gasteiger partial charge < -0.3 is 0 Å². The van der Waals surface area contributed by atoms with E-state index < -0.39 is 0 Å². The molecule has 0 fully saturated rings. The third-order valence-corrected chi connectivity index (χ3v) is 6.93. The van der Waals surface area contributed by atoms with Crippen molar-refractivity contribution in [1.82, 2.24) is 0 Å². The van der Waals surface area contributed by atoms with Crippen molar-refractivity contribution in [1.29, 1.82) is 0 Å². The lowest BCUT2D eigenvalue weighted by Crippen LogP contribution is -2.32. The second-order valence-corrected chi connectivity index (χ2v) is 11.6. The van der Waals surface area contributed by atoms with Gasteiger partial charge in [0.15, 0.2) is 37.9 Å². The molecule has 2 aromatic heterocycles. The summed E-state index contributed by atoms with van der Waals surface area (Å²) in [6, 6.07) is 24.6. The Morgan fingerprint density at radius 2 is 0.795 bits per heavy atom. The van der Waals surface area contributed by atoms with E-state index >= 15 is 0 Å². The van der Waals surface area contributed by atoms with Gasteiger partial charge in [0, 0.05) is 69.0 Å². The number of aromatic nitrogens is 2. The first-order valence-corrected chi connectivity index (χ1v) is 17.0. The Morgan fingerprint density at radius 1 is 0.477 bits per heavy atom. The zero-order valence-electron chi connectivity index (χ0n) is 25.5. The van der Waals surface area contributed by atoms with Crippen LogP contribution in [0.25, 0.3) is 0 Å². The molecule has 0 N–H and O–H groups in total. The van der Waals surface area contributed by atoms with Crippen LogP contribution in [0.15, 0.2) is 97.6 Å². The highest BCUT2D eigenvalue weighted by atomic mass is 79.9. The fraction of sp³-hybridized carbons (Fsp3) is 0.250. The van der Waals surface area contributed by atoms with Crippen LogP contribution < -0.4 is 9.13 Å². The molecule has 2 nitrogen and oxygen atoms in total. The maximum atomic E-state index is 3.35. The fourth-order valence-corrected chi connectivity index (χ4v) is 4.38. The number of alkyl halides is 2. The number of benzene rings is 2. The molecule has 0 aliphatic heterocycles. The molecule has 0 radical (unpaired) electrons. The van der Waals surface area contributed by atoms with Crippen molar-refractivity contribution in [3.05, 3.63) is 131 Å². The third kappa shape index (κ3) is 14.4. The van der Waals surface area contributed by atoms with Crippen LogP contribution in [-0.4, -0.2) is 10.7 Å². The Hall–Kier alpha value is -4.06. The van der Waals surface area contributed by atoms with Gasteiger partial charge in [-0.25, -0.2) is 9.13 Å². The van der Waals surface area contributed by atoms with E-state index in [9.17, 15) is 0 Å². The molecular weight excluding hydrogens is 668 g/mol. The summed E-state index contributed by atoms with van der Waals surface area (Å²) in [5.74, 6) is 25.4. The van der Waals surface area contributed by atoms with Crippen LogP contribution in [0.5, 0.6) is 0 Å². The van der Waals surface area contributed by atoms with Gasteiger partial charge >= 0.3 is 0 Å². The molecule has 2 aromatic carbocycles. The minimum Gasteiger partial charge on any atom is -0.204 e. The topological polar surface area (TPSA) is 7.76 Å². The highest BCUT2D eigenvalue weighted by Gasteiger charge is 1.99. The first-order chi connectivity index (χ1) is 21.6. The van der Waals surface area contributed by atoms with E-state index in [-0.39, 0.29) is 0 Å². The molecule has 44 heavy (non-hydrogen) atoms. The number of aryl methyl sites for hydroxylation is 4. The maximum Gasteiger partial charge on any atom is 0.171 e. The third-order valence-electron chi connectivity index (χ3n) is 6.14. The molecule has 4 heteroatoms. The molecule has 0 spiro atoms. The second kappa shape index (κ2) is 20.8. The molecule has 0 atom stereocenters. The molecule has 4 aromatic rings. The van der Waals surface area contributed by atoms with E-state index in [1.807, 2.05) is 48.5 Å². The number of pyridine rings is 2. The van der Waals surface area contributed by atoms with Gasteiger partial charge in [0.25, 0.3) is 0 Å². The van der Waals surface area contributed by atoms with Crippen LogP contribution in [0.3, 0.4) is 0 Å². The van der Waals surface area contributed by atoms with Crippen molar-refractivity contribution >= 4 is 31.9 Å². The van der Waals surface area contributed by atoms with Crippen LogP contribution in [0.1, 0.15) is 59.1 Å². The summed E-state index contributed by atoms with van der Waals surface area (Å²) in [5.41, 5.74) is 6.71. The molecule has 220 valence electrons. The molecule has 0 aliphatic rings. The van der Waals surface area contributed by atoms with Crippen LogP contribution in [-0.2, 0) is 13.1 Å². The monoisotopic (exact) mass is 704 g/mol. The highest BCUT2D eigenvalue weighted by Crippen LogP contribution is 2.03. The van der Waals surface area contributed by atoms with Gasteiger partial charge in [-0.1, -0.05) is 79.2 Å². The van der Waals surface area contributed by atoms with Gasteiger partial charge in [-0.3, -0.25) is 0 Å². The van der Waals surface area contributed by atoms with Gasteiger partial charge in [-0.2, -0.15) is 0 Å². The molecule has 2 heterocycles. The SMILES string of the molecule is BrCCC#Cc1ccc(C#CCCBr)cc1.Cc1ccc[n+](CCC#Cc2ccc(C#CCC[n+]3cccc(C)c3)cc2)c1. The molecule has 0 amide bonds. The van der Waals surface area contributed by atoms with Crippen LogP contribution in [0, 0.1) is 61.2 Å². The summed E-state index contributed by atoms with van der Waals surface area (Å²) >= 11 is 6.69. The van der Waals surface area contributed by atoms with Gasteiger partial charge in [-0.05, 0) is 74.5 Å². The van der Waals surface area contributed by atoms with Gasteiger partial charge in [0.2, 0.25) is 0 Å². The maximum absolute atomic E-state index is 3.35. The largest absolute Gasteiger partial charge is 0.204 e. The number of hydrogen-bond acceptors (Lipinski definition) is 0. The number of nitrogens with zero attached hydrogens (tertiary/aromatic N) is 2. The van der Waals surface area contributed by atoms with E-state index in [0.29, 0.717) is 0 Å². The standard InChI is InChI=1S/C26H26N2.C14H12Br2/c1-23-9-7-19-27(21-23)17-5-3-11-25-13-15-26(16-14-25)12-4-6-18-28-20-8-10-24(2)22-28;15-11-3-1-5-13-7-9-14(10-8-13)6-2-4-12-16/h7-10,13-16,19-22H,5-6,17-18H2,1-2H3;7-10H,3-4,11-12H2/q+2;. The first-order valence-electron chi connectivity index (χ1n) is 14.7. The molecular formula is C40H38Br2N2+2. The zero-order chi connectivity index (χ0) is 31.2. The van der Waals surface area contributed by atoms with Crippen LogP contribution in [0.2, 0.25) is 0 Å². The molecule has 4 rings (SSSR count). The summed E-state index contributed by atoms with van der Waals surface area (Å²) in [4.78, 5) is 0. The lowest BCUT2D eigenvalue weighted by Gasteiger charge is -1.94. The summed E-state index contributed by atoms with van der Waals surface area (Å²) in [5, 5.41) is 1.85. The highest BCUT2D eigenvalue weighted by molar-refractivity contribution is 9.09. The minimum absolute atomic E-state index is 0.840. The number of rotatable bonds is 6. The van der Waals surface area contributed by atoms with Gasteiger partial charge in [0.1, 0.15) is 0 Å². The minimum atomic E-state index is 0.840. The molecule has 0 saturated heterocycles. The lowest BCUT2D eigenvalue weighted by molar-refractivity contribution is -0.696. The summed E-state index contributed by atoms with van der Waals surface area (Å²) in [6.07, 6.45) is 11.9. The predicted octanol–water partition coefficient (Wildman–Crippen LogP) is 7.72. The van der Waals surface area contributed by atoms with Crippen LogP contribution >= 0.6 is 31.9 Å². The Bertz CT molecular complexity index is 1580. The van der Waals surface area contributed by atoms with Gasteiger partial charge in [-0.15, -0.1) is 0 Å². The zero-order valence-corrected chi connectivity index (χ0v) is 28.7. The second-order valence-electron chi connectivity index (χ2n) is 9.98. The molecule has 0 saturated carbocycles. The molecule has 0 bridgehead atoms. The predicted molar refractivity (Wildman–Crippen MR) is 189 cm³/mol. The Balaban J connectivity index is 0.000000281. The summed E-state index contributed by atoms with van der Waals surface area (Å²) in [6.45, 7) is 6.04. The van der Waals surface area contributed by atoms with Crippen molar-refractivity contribution in [2.75, 3.05) is 10.7 Å². The number of hydrogen-bond donors (Lipinski definition) is 0. The van der Waals surface area contributed by atoms with E-state index in [1.165, 1.54) is 11.1 Å². The van der Waals surface area contributed by atoms with Gasteiger partial charge in [0.05, 0.1) is 12.8 Å². The first kappa shape index (κ1) is 34.4. The van der Waals surface area contributed by atoms with Crippen molar-refractivity contribution in [2.24, 2.45) is 0 Å². The Morgan fingerprint density at radius 3 is 1.09 bits per heavy atom. The summed E-state index contributed by atoms with van der Waals surface area (Å²) < 4.78 is 4.36.